The Morgan fingerprint density at radius 3 is 2.16 bits per heavy atom. The van der Waals surface area contributed by atoms with E-state index in [9.17, 15) is 24.3 Å². The van der Waals surface area contributed by atoms with Gasteiger partial charge in [0.2, 0.25) is 11.8 Å². The smallest absolute Gasteiger partial charge is 0.260 e. The molecule has 0 radical (unpaired) electrons. The number of para-hydroxylation sites is 2. The molecule has 0 spiro atoms. The first-order chi connectivity index (χ1) is 36.2. The van der Waals surface area contributed by atoms with Crippen LogP contribution in [0, 0.1) is 0 Å². The lowest BCUT2D eigenvalue weighted by molar-refractivity contribution is -0.122. The van der Waals surface area contributed by atoms with E-state index in [4.69, 9.17) is 18.9 Å². The number of benzene rings is 5. The second-order valence-corrected chi connectivity index (χ2v) is 23.0. The summed E-state index contributed by atoms with van der Waals surface area (Å²) in [5.74, 6) is 1.93. The summed E-state index contributed by atoms with van der Waals surface area (Å²) in [7, 11) is 8.57. The molecule has 0 aliphatic carbocycles. The second kappa shape index (κ2) is 24.9. The van der Waals surface area contributed by atoms with E-state index in [0.29, 0.717) is 89.0 Å². The lowest BCUT2D eigenvalue weighted by Crippen LogP contribution is -2.45. The van der Waals surface area contributed by atoms with Crippen LogP contribution in [0.2, 0.25) is 0 Å². The fraction of sp³-hybridized carbons (Fsp3) is 0.414. The molecule has 3 heterocycles. The summed E-state index contributed by atoms with van der Waals surface area (Å²) in [6.07, 6.45) is 5.13. The molecular weight excluding hydrogens is 989 g/mol. The van der Waals surface area contributed by atoms with Crippen LogP contribution in [-0.2, 0) is 35.6 Å². The number of amides is 3. The number of hydrogen-bond acceptors (Lipinski definition) is 14. The molecule has 17 heteroatoms. The number of aldehydes is 1. The minimum atomic E-state index is -1.05. The van der Waals surface area contributed by atoms with E-state index in [1.807, 2.05) is 54.6 Å². The number of aliphatic hydroxyl groups is 1. The number of rotatable bonds is 25. The quantitative estimate of drug-likeness (QED) is 0.0212. The van der Waals surface area contributed by atoms with Gasteiger partial charge in [-0.3, -0.25) is 19.2 Å². The molecule has 3 aliphatic heterocycles. The van der Waals surface area contributed by atoms with Crippen LogP contribution in [0.3, 0.4) is 0 Å². The molecule has 0 saturated heterocycles. The van der Waals surface area contributed by atoms with Gasteiger partial charge in [0, 0.05) is 83.4 Å². The molecular formula is C58H70N6O9S2. The summed E-state index contributed by atoms with van der Waals surface area (Å²) in [4.78, 5) is 56.5. The van der Waals surface area contributed by atoms with Crippen molar-refractivity contribution < 1.29 is 43.2 Å². The second-order valence-electron chi connectivity index (χ2n) is 19.9. The average molecular weight is 1060 g/mol. The summed E-state index contributed by atoms with van der Waals surface area (Å²) in [5.41, 5.74) is 8.01. The lowest BCUT2D eigenvalue weighted by Gasteiger charge is -2.26. The Hall–Kier alpha value is -6.56. The van der Waals surface area contributed by atoms with E-state index in [1.165, 1.54) is 25.5 Å². The minimum absolute atomic E-state index is 0.0402. The fourth-order valence-electron chi connectivity index (χ4n) is 9.88. The van der Waals surface area contributed by atoms with Crippen LogP contribution in [0.15, 0.2) is 91.0 Å². The molecule has 0 aromatic heterocycles. The van der Waals surface area contributed by atoms with Crippen LogP contribution >= 0.6 is 21.6 Å². The first kappa shape index (κ1) is 54.7. The Balaban J connectivity index is 0.967. The maximum absolute atomic E-state index is 14.2. The number of methoxy groups -OCH3 is 2. The van der Waals surface area contributed by atoms with Crippen LogP contribution in [0.25, 0.3) is 0 Å². The number of anilines is 5. The van der Waals surface area contributed by atoms with E-state index in [2.05, 4.69) is 73.0 Å². The number of nitrogens with one attached hydrogen (secondary N) is 4. The molecule has 2 unspecified atom stereocenters. The summed E-state index contributed by atoms with van der Waals surface area (Å²) >= 11 is 0. The van der Waals surface area contributed by atoms with Crippen molar-refractivity contribution in [2.24, 2.45) is 0 Å². The monoisotopic (exact) mass is 1060 g/mol. The van der Waals surface area contributed by atoms with E-state index < -0.39 is 12.3 Å². The van der Waals surface area contributed by atoms with Crippen molar-refractivity contribution in [3.63, 3.8) is 0 Å². The van der Waals surface area contributed by atoms with Crippen molar-refractivity contribution in [1.29, 1.82) is 0 Å². The number of ether oxygens (including phenoxy) is 4. The number of nitrogens with zero attached hydrogens (tertiary/aromatic N) is 2. The van der Waals surface area contributed by atoms with Crippen LogP contribution in [0.1, 0.15) is 109 Å². The largest absolute Gasteiger partial charge is 0.493 e. The average Bonchev–Trinajstić information content (AvgIpc) is 3.94. The number of aliphatic hydroxyl groups excluding tert-OH is 1. The number of carbonyl (C=O) groups is 4. The summed E-state index contributed by atoms with van der Waals surface area (Å²) < 4.78 is 24.3. The van der Waals surface area contributed by atoms with Crippen LogP contribution in [-0.4, -0.2) is 91.8 Å². The highest BCUT2D eigenvalue weighted by Crippen LogP contribution is 2.43. The molecule has 75 heavy (non-hydrogen) atoms. The third-order valence-corrected chi connectivity index (χ3v) is 17.6. The first-order valence-electron chi connectivity index (χ1n) is 25.8. The van der Waals surface area contributed by atoms with Crippen LogP contribution in [0.4, 0.5) is 28.4 Å². The van der Waals surface area contributed by atoms with E-state index in [-0.39, 0.29) is 47.8 Å². The van der Waals surface area contributed by atoms with Gasteiger partial charge in [-0.15, -0.1) is 0 Å². The number of fused-ring (bicyclic) bond motifs is 5. The minimum Gasteiger partial charge on any atom is -0.493 e. The number of carbonyl (C=O) groups excluding carboxylic acids is 4. The van der Waals surface area contributed by atoms with Gasteiger partial charge in [-0.25, -0.2) is 0 Å². The zero-order valence-corrected chi connectivity index (χ0v) is 45.6. The first-order valence-corrected chi connectivity index (χ1v) is 28.1. The highest BCUT2D eigenvalue weighted by atomic mass is 33.1. The summed E-state index contributed by atoms with van der Waals surface area (Å²) in [6.45, 7) is 9.17. The standard InChI is InChI=1S/C58H70N6O9S2/c1-8-41(9-2)60-55(67)20-21-58(3,4)75-74-22-14-19-54(66)61-42-24-36(34-72-52-30-45(40(33-65)28-50(52)70-6)59-32-43-26-38-15-10-12-17-47(38)63(43)5)23-37(25-42)35-73-53-31-46-44(29-51(53)71-7)57(69)64-48-18-13-11-16-39(48)27-49(64)56(68)62-46/h10-13,15-18,23-25,28-31,33,41,43,49,56,59,62,68H,8-9,14,19-22,26-27,32,34-35H2,1-7H3,(H,60,67)(H,61,66)/t43?,49?,56-/m1/s1. The van der Waals surface area contributed by atoms with E-state index in [1.54, 1.807) is 50.8 Å². The molecule has 3 amide bonds. The zero-order valence-electron chi connectivity index (χ0n) is 44.0. The Bertz CT molecular complexity index is 2860. The molecule has 0 bridgehead atoms. The Labute approximate surface area is 448 Å². The normalized spacial score (nSPS) is 16.5. The van der Waals surface area contributed by atoms with Gasteiger partial charge in [-0.1, -0.05) is 71.8 Å². The number of hydrogen-bond donors (Lipinski definition) is 5. The van der Waals surface area contributed by atoms with Gasteiger partial charge in [0.1, 0.15) is 19.4 Å². The van der Waals surface area contributed by atoms with Gasteiger partial charge in [0.05, 0.1) is 37.6 Å². The summed E-state index contributed by atoms with van der Waals surface area (Å²) in [6, 6.07) is 28.3. The highest BCUT2D eigenvalue weighted by Gasteiger charge is 2.42. The molecule has 0 fully saturated rings. The molecule has 15 nitrogen and oxygen atoms in total. The van der Waals surface area contributed by atoms with E-state index >= 15 is 0 Å². The van der Waals surface area contributed by atoms with Gasteiger partial charge in [-0.2, -0.15) is 0 Å². The number of likely N-dealkylation sites (N-methyl/N-ethyl adjacent to an activating group) is 1. The maximum atomic E-state index is 14.2. The van der Waals surface area contributed by atoms with Crippen molar-refractivity contribution in [3.05, 3.63) is 124 Å². The van der Waals surface area contributed by atoms with Crippen molar-refractivity contribution in [2.75, 3.05) is 59.3 Å². The zero-order chi connectivity index (χ0) is 53.2. The predicted octanol–water partition coefficient (Wildman–Crippen LogP) is 10.4. The van der Waals surface area contributed by atoms with Gasteiger partial charge in [-0.05, 0) is 117 Å². The molecule has 3 atom stereocenters. The molecule has 5 aromatic carbocycles. The van der Waals surface area contributed by atoms with Crippen molar-refractivity contribution in [2.45, 2.75) is 121 Å². The predicted molar refractivity (Wildman–Crippen MR) is 301 cm³/mol. The lowest BCUT2D eigenvalue weighted by atomic mass is 10.1. The Kier molecular flexibility index (Phi) is 18.1. The summed E-state index contributed by atoms with van der Waals surface area (Å²) in [5, 5.41) is 24.3. The van der Waals surface area contributed by atoms with Gasteiger partial charge in [0.25, 0.3) is 5.91 Å². The van der Waals surface area contributed by atoms with Crippen LogP contribution < -0.4 is 50.0 Å². The Morgan fingerprint density at radius 1 is 0.840 bits per heavy atom. The molecule has 0 saturated carbocycles. The van der Waals surface area contributed by atoms with Crippen LogP contribution in [0.5, 0.6) is 23.0 Å². The third kappa shape index (κ3) is 13.3. The van der Waals surface area contributed by atoms with Gasteiger partial charge in [0.15, 0.2) is 29.3 Å². The molecule has 5 aromatic rings. The highest BCUT2D eigenvalue weighted by molar-refractivity contribution is 8.77. The van der Waals surface area contributed by atoms with E-state index in [0.717, 1.165) is 54.5 Å². The maximum Gasteiger partial charge on any atom is 0.260 e. The fourth-order valence-corrected chi connectivity index (χ4v) is 12.5. The molecule has 3 aliphatic rings. The SMILES string of the molecule is CCC(CC)NC(=O)CCC(C)(C)SSCCCC(=O)Nc1cc(COc2cc(NCC3Cc4ccccc4N3C)c(C=O)cc2OC)cc(COc2cc3c(cc2OC)C(=O)N2c4ccccc4CC2[C@@H](O)N3)c1. The molecule has 5 N–H and O–H groups in total. The van der Waals surface area contributed by atoms with Gasteiger partial charge >= 0.3 is 0 Å². The molecule has 398 valence electrons. The van der Waals surface area contributed by atoms with Crippen molar-refractivity contribution in [1.82, 2.24) is 5.32 Å². The Morgan fingerprint density at radius 2 is 1.49 bits per heavy atom. The third-order valence-electron chi connectivity index (χ3n) is 14.1. The topological polar surface area (TPSA) is 180 Å². The van der Waals surface area contributed by atoms with Crippen molar-refractivity contribution in [3.8, 4) is 23.0 Å². The van der Waals surface area contributed by atoms with Gasteiger partial charge < -0.3 is 55.1 Å². The van der Waals surface area contributed by atoms with Crippen molar-refractivity contribution >= 4 is 74.0 Å². The molecule has 8 rings (SSSR count).